The molecule has 1 atom stereocenters. The molecule has 0 aromatic heterocycles. The number of hydrogen-bond acceptors (Lipinski definition) is 4. The summed E-state index contributed by atoms with van der Waals surface area (Å²) in [5, 5.41) is 8.90. The Morgan fingerprint density at radius 3 is 3.00 bits per heavy atom. The summed E-state index contributed by atoms with van der Waals surface area (Å²) in [4.78, 5) is 11.9. The molecule has 0 spiro atoms. The lowest BCUT2D eigenvalue weighted by molar-refractivity contribution is -0.122. The van der Waals surface area contributed by atoms with Gasteiger partial charge < -0.3 is 15.4 Å². The highest BCUT2D eigenvalue weighted by atomic mass is 32.2. The summed E-state index contributed by atoms with van der Waals surface area (Å²) in [5.41, 5.74) is 1.35. The SMILES string of the molecule is O=C(CC1COCCN1)NCCSCc1cccc2ccccc12. The van der Waals surface area contributed by atoms with Gasteiger partial charge in [0.1, 0.15) is 0 Å². The predicted molar refractivity (Wildman–Crippen MR) is 100 cm³/mol. The molecule has 1 aliphatic heterocycles. The first-order chi connectivity index (χ1) is 11.8. The second kappa shape index (κ2) is 9.06. The van der Waals surface area contributed by atoms with Crippen LogP contribution in [0, 0.1) is 0 Å². The first-order valence-electron chi connectivity index (χ1n) is 8.45. The highest BCUT2D eigenvalue weighted by Crippen LogP contribution is 2.22. The van der Waals surface area contributed by atoms with Gasteiger partial charge in [-0.25, -0.2) is 0 Å². The Morgan fingerprint density at radius 1 is 1.25 bits per heavy atom. The standard InChI is InChI=1S/C19H24N2O2S/c22-19(12-17-13-23-10-8-20-17)21-9-11-24-14-16-6-3-5-15-4-1-2-7-18(15)16/h1-7,17,20H,8-14H2,(H,21,22). The van der Waals surface area contributed by atoms with Crippen LogP contribution in [-0.2, 0) is 15.3 Å². The molecule has 0 saturated carbocycles. The van der Waals surface area contributed by atoms with E-state index in [0.29, 0.717) is 19.6 Å². The zero-order valence-electron chi connectivity index (χ0n) is 13.8. The van der Waals surface area contributed by atoms with E-state index in [0.717, 1.165) is 24.7 Å². The van der Waals surface area contributed by atoms with Crippen molar-refractivity contribution in [3.63, 3.8) is 0 Å². The Labute approximate surface area is 147 Å². The molecule has 1 aliphatic rings. The van der Waals surface area contributed by atoms with Crippen LogP contribution in [0.2, 0.25) is 0 Å². The van der Waals surface area contributed by atoms with E-state index < -0.39 is 0 Å². The van der Waals surface area contributed by atoms with Crippen molar-refractivity contribution in [2.45, 2.75) is 18.2 Å². The first kappa shape index (κ1) is 17.3. The second-order valence-corrected chi connectivity index (χ2v) is 7.08. The molecule has 4 nitrogen and oxygen atoms in total. The Bertz CT molecular complexity index is 666. The fourth-order valence-electron chi connectivity index (χ4n) is 2.91. The van der Waals surface area contributed by atoms with Gasteiger partial charge in [-0.1, -0.05) is 42.5 Å². The van der Waals surface area contributed by atoms with E-state index >= 15 is 0 Å². The third-order valence-corrected chi connectivity index (χ3v) is 5.14. The van der Waals surface area contributed by atoms with Gasteiger partial charge in [0.25, 0.3) is 0 Å². The van der Waals surface area contributed by atoms with Crippen molar-refractivity contribution in [2.75, 3.05) is 32.1 Å². The number of benzene rings is 2. The van der Waals surface area contributed by atoms with Gasteiger partial charge in [0.05, 0.1) is 13.2 Å². The molecule has 1 heterocycles. The van der Waals surface area contributed by atoms with Gasteiger partial charge in [-0.2, -0.15) is 11.8 Å². The first-order valence-corrected chi connectivity index (χ1v) is 9.60. The molecule has 1 unspecified atom stereocenters. The second-order valence-electron chi connectivity index (χ2n) is 5.97. The van der Waals surface area contributed by atoms with Crippen molar-refractivity contribution in [1.29, 1.82) is 0 Å². The zero-order chi connectivity index (χ0) is 16.6. The Kier molecular flexibility index (Phi) is 6.52. The van der Waals surface area contributed by atoms with E-state index in [9.17, 15) is 4.79 Å². The minimum Gasteiger partial charge on any atom is -0.378 e. The van der Waals surface area contributed by atoms with Gasteiger partial charge in [-0.15, -0.1) is 0 Å². The van der Waals surface area contributed by atoms with Crippen LogP contribution in [0.3, 0.4) is 0 Å². The summed E-state index contributed by atoms with van der Waals surface area (Å²) in [6.07, 6.45) is 0.494. The third kappa shape index (κ3) is 4.97. The van der Waals surface area contributed by atoms with Crippen molar-refractivity contribution in [3.8, 4) is 0 Å². The predicted octanol–water partition coefficient (Wildman–Crippen LogP) is 2.57. The van der Waals surface area contributed by atoms with E-state index in [2.05, 4.69) is 53.1 Å². The number of nitrogens with one attached hydrogen (secondary N) is 2. The number of carbonyl (C=O) groups excluding carboxylic acids is 1. The maximum absolute atomic E-state index is 11.9. The molecular formula is C19H24N2O2S. The minimum atomic E-state index is 0.101. The van der Waals surface area contributed by atoms with E-state index in [1.54, 1.807) is 0 Å². The lowest BCUT2D eigenvalue weighted by Crippen LogP contribution is -2.44. The van der Waals surface area contributed by atoms with Gasteiger partial charge in [0, 0.05) is 37.1 Å². The molecule has 1 fully saturated rings. The molecule has 0 radical (unpaired) electrons. The topological polar surface area (TPSA) is 50.4 Å². The maximum atomic E-state index is 11.9. The number of thioether (sulfide) groups is 1. The smallest absolute Gasteiger partial charge is 0.221 e. The summed E-state index contributed by atoms with van der Waals surface area (Å²) in [7, 11) is 0. The summed E-state index contributed by atoms with van der Waals surface area (Å²) in [5.74, 6) is 1.99. The summed E-state index contributed by atoms with van der Waals surface area (Å²) < 4.78 is 5.36. The molecule has 0 bridgehead atoms. The van der Waals surface area contributed by atoms with Gasteiger partial charge >= 0.3 is 0 Å². The maximum Gasteiger partial charge on any atom is 0.221 e. The van der Waals surface area contributed by atoms with E-state index in [1.807, 2.05) is 11.8 Å². The highest BCUT2D eigenvalue weighted by molar-refractivity contribution is 7.98. The third-order valence-electron chi connectivity index (χ3n) is 4.14. The molecule has 1 saturated heterocycles. The molecule has 0 aliphatic carbocycles. The molecular weight excluding hydrogens is 320 g/mol. The fourth-order valence-corrected chi connectivity index (χ4v) is 3.77. The van der Waals surface area contributed by atoms with Gasteiger partial charge in [-0.05, 0) is 16.3 Å². The molecule has 128 valence electrons. The van der Waals surface area contributed by atoms with Crippen LogP contribution in [0.15, 0.2) is 42.5 Å². The van der Waals surface area contributed by atoms with Gasteiger partial charge in [0.15, 0.2) is 0 Å². The Balaban J connectivity index is 1.37. The monoisotopic (exact) mass is 344 g/mol. The molecule has 3 rings (SSSR count). The van der Waals surface area contributed by atoms with Crippen molar-refractivity contribution in [3.05, 3.63) is 48.0 Å². The molecule has 2 aromatic rings. The van der Waals surface area contributed by atoms with Gasteiger partial charge in [-0.3, -0.25) is 4.79 Å². The lowest BCUT2D eigenvalue weighted by atomic mass is 10.1. The largest absolute Gasteiger partial charge is 0.378 e. The normalized spacial score (nSPS) is 17.8. The molecule has 24 heavy (non-hydrogen) atoms. The fraction of sp³-hybridized carbons (Fsp3) is 0.421. The van der Waals surface area contributed by atoms with E-state index in [4.69, 9.17) is 4.74 Å². The van der Waals surface area contributed by atoms with Crippen LogP contribution < -0.4 is 10.6 Å². The van der Waals surface area contributed by atoms with Crippen LogP contribution in [0.4, 0.5) is 0 Å². The summed E-state index contributed by atoms with van der Waals surface area (Å²) >= 11 is 1.85. The Hall–Kier alpha value is -1.56. The average molecular weight is 344 g/mol. The number of amides is 1. The van der Waals surface area contributed by atoms with Crippen LogP contribution in [0.1, 0.15) is 12.0 Å². The lowest BCUT2D eigenvalue weighted by Gasteiger charge is -2.23. The van der Waals surface area contributed by atoms with Crippen molar-refractivity contribution < 1.29 is 9.53 Å². The summed E-state index contributed by atoms with van der Waals surface area (Å²) in [6, 6.07) is 15.1. The molecule has 1 amide bonds. The van der Waals surface area contributed by atoms with Crippen LogP contribution in [0.25, 0.3) is 10.8 Å². The number of morpholine rings is 1. The highest BCUT2D eigenvalue weighted by Gasteiger charge is 2.16. The van der Waals surface area contributed by atoms with Crippen molar-refractivity contribution in [1.82, 2.24) is 10.6 Å². The van der Waals surface area contributed by atoms with Gasteiger partial charge in [0.2, 0.25) is 5.91 Å². The number of rotatable bonds is 7. The van der Waals surface area contributed by atoms with E-state index in [-0.39, 0.29) is 11.9 Å². The van der Waals surface area contributed by atoms with Crippen molar-refractivity contribution >= 4 is 28.4 Å². The summed E-state index contributed by atoms with van der Waals surface area (Å²) in [6.45, 7) is 2.91. The van der Waals surface area contributed by atoms with Crippen molar-refractivity contribution in [2.24, 2.45) is 0 Å². The number of hydrogen-bond donors (Lipinski definition) is 2. The van der Waals surface area contributed by atoms with Crippen LogP contribution >= 0.6 is 11.8 Å². The Morgan fingerprint density at radius 2 is 2.12 bits per heavy atom. The molecule has 2 N–H and O–H groups in total. The zero-order valence-corrected chi connectivity index (χ0v) is 14.6. The molecule has 5 heteroatoms. The quantitative estimate of drug-likeness (QED) is 0.758. The molecule has 2 aromatic carbocycles. The number of ether oxygens (including phenoxy) is 1. The van der Waals surface area contributed by atoms with E-state index in [1.165, 1.54) is 16.3 Å². The van der Waals surface area contributed by atoms with Crippen LogP contribution in [0.5, 0.6) is 0 Å². The number of fused-ring (bicyclic) bond motifs is 1. The minimum absolute atomic E-state index is 0.101. The average Bonchev–Trinajstić information content (AvgIpc) is 2.62. The van der Waals surface area contributed by atoms with Crippen LogP contribution in [-0.4, -0.2) is 44.0 Å². The number of carbonyl (C=O) groups is 1.